The monoisotopic (exact) mass is 307 g/mol. The molecular weight excluding hydrogens is 293 g/mol. The highest BCUT2D eigenvalue weighted by molar-refractivity contribution is 6.42. The third-order valence-corrected chi connectivity index (χ3v) is 5.41. The fourth-order valence-corrected chi connectivity index (χ4v) is 3.91. The molecular formula is C16H15Cl2NO. The van der Waals surface area contributed by atoms with Crippen LogP contribution in [0.3, 0.4) is 0 Å². The van der Waals surface area contributed by atoms with Gasteiger partial charge in [0.2, 0.25) is 0 Å². The molecule has 20 heavy (non-hydrogen) atoms. The number of hydrogen-bond acceptors (Lipinski definition) is 2. The molecule has 2 aliphatic rings. The number of ketones is 1. The highest BCUT2D eigenvalue weighted by Crippen LogP contribution is 2.57. The summed E-state index contributed by atoms with van der Waals surface area (Å²) in [7, 11) is 0. The van der Waals surface area contributed by atoms with Gasteiger partial charge >= 0.3 is 0 Å². The van der Waals surface area contributed by atoms with Gasteiger partial charge in [0.1, 0.15) is 5.92 Å². The Kier molecular flexibility index (Phi) is 3.75. The van der Waals surface area contributed by atoms with Crippen LogP contribution in [0.2, 0.25) is 10.0 Å². The van der Waals surface area contributed by atoms with E-state index in [0.717, 1.165) is 12.8 Å². The second-order valence-corrected chi connectivity index (χ2v) is 6.59. The molecule has 0 saturated heterocycles. The van der Waals surface area contributed by atoms with Crippen LogP contribution in [0.15, 0.2) is 18.2 Å². The number of hydrogen-bond donors (Lipinski definition) is 0. The lowest BCUT2D eigenvalue weighted by Gasteiger charge is -2.09. The van der Waals surface area contributed by atoms with E-state index in [0.29, 0.717) is 27.4 Å². The Balaban J connectivity index is 1.81. The van der Waals surface area contributed by atoms with E-state index in [-0.39, 0.29) is 11.7 Å². The smallest absolute Gasteiger partial charge is 0.158 e. The van der Waals surface area contributed by atoms with E-state index in [9.17, 15) is 10.1 Å². The SMILES string of the molecule is N#CC(C(=O)C1C2CCCCC21)c1ccc(Cl)c(Cl)c1. The average molecular weight is 308 g/mol. The van der Waals surface area contributed by atoms with Crippen LogP contribution in [-0.4, -0.2) is 5.78 Å². The van der Waals surface area contributed by atoms with Crippen LogP contribution < -0.4 is 0 Å². The quantitative estimate of drug-likeness (QED) is 0.818. The molecule has 0 aromatic heterocycles. The number of rotatable bonds is 3. The van der Waals surface area contributed by atoms with Gasteiger partial charge in [-0.25, -0.2) is 0 Å². The normalized spacial score (nSPS) is 29.1. The lowest BCUT2D eigenvalue weighted by molar-refractivity contribution is -0.121. The molecule has 0 aliphatic heterocycles. The number of carbonyl (C=O) groups is 1. The molecule has 3 rings (SSSR count). The number of nitrogens with zero attached hydrogens (tertiary/aromatic N) is 1. The zero-order valence-electron chi connectivity index (χ0n) is 11.0. The third kappa shape index (κ3) is 2.34. The summed E-state index contributed by atoms with van der Waals surface area (Å²) < 4.78 is 0. The minimum Gasteiger partial charge on any atom is -0.298 e. The molecule has 104 valence electrons. The third-order valence-electron chi connectivity index (χ3n) is 4.68. The van der Waals surface area contributed by atoms with E-state index >= 15 is 0 Å². The van der Waals surface area contributed by atoms with E-state index < -0.39 is 5.92 Å². The highest BCUT2D eigenvalue weighted by atomic mass is 35.5. The number of nitriles is 1. The fourth-order valence-electron chi connectivity index (χ4n) is 3.60. The summed E-state index contributed by atoms with van der Waals surface area (Å²) in [5, 5.41) is 10.2. The summed E-state index contributed by atoms with van der Waals surface area (Å²) in [4.78, 5) is 12.6. The first kappa shape index (κ1) is 13.9. The van der Waals surface area contributed by atoms with Gasteiger partial charge in [-0.15, -0.1) is 0 Å². The second kappa shape index (κ2) is 5.39. The van der Waals surface area contributed by atoms with Crippen molar-refractivity contribution in [1.82, 2.24) is 0 Å². The molecule has 0 bridgehead atoms. The number of carbonyl (C=O) groups excluding carboxylic acids is 1. The molecule has 0 radical (unpaired) electrons. The van der Waals surface area contributed by atoms with E-state index in [1.54, 1.807) is 18.2 Å². The molecule has 0 amide bonds. The summed E-state index contributed by atoms with van der Waals surface area (Å²) in [6.45, 7) is 0. The van der Waals surface area contributed by atoms with Gasteiger partial charge in [0.25, 0.3) is 0 Å². The number of halogens is 2. The average Bonchev–Trinajstić information content (AvgIpc) is 3.17. The van der Waals surface area contributed by atoms with Gasteiger partial charge in [0.05, 0.1) is 16.1 Å². The summed E-state index contributed by atoms with van der Waals surface area (Å²) in [6, 6.07) is 7.16. The minimum absolute atomic E-state index is 0.0720. The van der Waals surface area contributed by atoms with Crippen LogP contribution >= 0.6 is 23.2 Å². The molecule has 4 heteroatoms. The van der Waals surface area contributed by atoms with Crippen molar-refractivity contribution in [2.45, 2.75) is 31.6 Å². The van der Waals surface area contributed by atoms with Crippen molar-refractivity contribution in [1.29, 1.82) is 5.26 Å². The second-order valence-electron chi connectivity index (χ2n) is 5.78. The van der Waals surface area contributed by atoms with Crippen molar-refractivity contribution >= 4 is 29.0 Å². The van der Waals surface area contributed by atoms with Gasteiger partial charge in [-0.2, -0.15) is 5.26 Å². The van der Waals surface area contributed by atoms with Crippen molar-refractivity contribution < 1.29 is 4.79 Å². The van der Waals surface area contributed by atoms with Gasteiger partial charge in [-0.05, 0) is 42.4 Å². The van der Waals surface area contributed by atoms with Crippen molar-refractivity contribution in [2.24, 2.45) is 17.8 Å². The first-order chi connectivity index (χ1) is 9.63. The summed E-state index contributed by atoms with van der Waals surface area (Å²) in [5.41, 5.74) is 0.663. The minimum atomic E-state index is -0.708. The van der Waals surface area contributed by atoms with Gasteiger partial charge in [-0.1, -0.05) is 42.1 Å². The number of benzene rings is 1. The maximum atomic E-state index is 12.6. The molecule has 1 aromatic rings. The van der Waals surface area contributed by atoms with Gasteiger partial charge in [0.15, 0.2) is 5.78 Å². The van der Waals surface area contributed by atoms with E-state index in [4.69, 9.17) is 23.2 Å². The van der Waals surface area contributed by atoms with Crippen molar-refractivity contribution in [3.63, 3.8) is 0 Å². The maximum Gasteiger partial charge on any atom is 0.158 e. The van der Waals surface area contributed by atoms with E-state index in [2.05, 4.69) is 6.07 Å². The molecule has 2 fully saturated rings. The van der Waals surface area contributed by atoms with Gasteiger partial charge < -0.3 is 0 Å². The molecule has 2 aliphatic carbocycles. The van der Waals surface area contributed by atoms with E-state index in [1.807, 2.05) is 0 Å². The Morgan fingerprint density at radius 1 is 1.20 bits per heavy atom. The lowest BCUT2D eigenvalue weighted by Crippen LogP contribution is -2.14. The molecule has 3 unspecified atom stereocenters. The summed E-state index contributed by atoms with van der Waals surface area (Å²) in [6.07, 6.45) is 4.71. The first-order valence-electron chi connectivity index (χ1n) is 7.01. The molecule has 3 atom stereocenters. The van der Waals surface area contributed by atoms with Crippen molar-refractivity contribution in [2.75, 3.05) is 0 Å². The van der Waals surface area contributed by atoms with Gasteiger partial charge in [-0.3, -0.25) is 4.79 Å². The Morgan fingerprint density at radius 3 is 2.40 bits per heavy atom. The topological polar surface area (TPSA) is 40.9 Å². The molecule has 0 spiro atoms. The molecule has 0 N–H and O–H groups in total. The number of Topliss-reactive ketones (excluding diaryl/α,β-unsaturated/α-hetero) is 1. The highest BCUT2D eigenvalue weighted by Gasteiger charge is 2.55. The van der Waals surface area contributed by atoms with Crippen LogP contribution in [0.5, 0.6) is 0 Å². The Hall–Kier alpha value is -1.04. The first-order valence-corrected chi connectivity index (χ1v) is 7.77. The Labute approximate surface area is 128 Å². The van der Waals surface area contributed by atoms with Crippen LogP contribution in [-0.2, 0) is 4.79 Å². The largest absolute Gasteiger partial charge is 0.298 e. The molecule has 2 nitrogen and oxygen atoms in total. The van der Waals surface area contributed by atoms with Crippen molar-refractivity contribution in [3.05, 3.63) is 33.8 Å². The summed E-state index contributed by atoms with van der Waals surface area (Å²) >= 11 is 11.9. The van der Waals surface area contributed by atoms with Crippen LogP contribution in [0.4, 0.5) is 0 Å². The molecule has 0 heterocycles. The zero-order chi connectivity index (χ0) is 14.3. The van der Waals surface area contributed by atoms with Crippen LogP contribution in [0.25, 0.3) is 0 Å². The van der Waals surface area contributed by atoms with Crippen LogP contribution in [0.1, 0.15) is 37.2 Å². The molecule has 2 saturated carbocycles. The van der Waals surface area contributed by atoms with Crippen molar-refractivity contribution in [3.8, 4) is 6.07 Å². The fraction of sp³-hybridized carbons (Fsp3) is 0.500. The number of fused-ring (bicyclic) bond motifs is 1. The standard InChI is InChI=1S/C16H15Cl2NO/c17-13-6-5-9(7-14(13)18)12(8-19)16(20)15-10-3-1-2-4-11(10)15/h5-7,10-12,15H,1-4H2. The Morgan fingerprint density at radius 2 is 1.85 bits per heavy atom. The summed E-state index contributed by atoms with van der Waals surface area (Å²) in [5.74, 6) is 0.504. The lowest BCUT2D eigenvalue weighted by atomic mass is 9.92. The van der Waals surface area contributed by atoms with Gasteiger partial charge in [0, 0.05) is 5.92 Å². The predicted octanol–water partition coefficient (Wildman–Crippen LogP) is 4.61. The Bertz CT molecular complexity index is 581. The van der Waals surface area contributed by atoms with Crippen LogP contribution in [0, 0.1) is 29.1 Å². The zero-order valence-corrected chi connectivity index (χ0v) is 12.5. The van der Waals surface area contributed by atoms with E-state index in [1.165, 1.54) is 12.8 Å². The predicted molar refractivity (Wildman–Crippen MR) is 78.8 cm³/mol. The maximum absolute atomic E-state index is 12.6. The molecule has 1 aromatic carbocycles.